The highest BCUT2D eigenvalue weighted by molar-refractivity contribution is 9.10. The molecule has 0 radical (unpaired) electrons. The van der Waals surface area contributed by atoms with E-state index in [1.807, 2.05) is 0 Å². The van der Waals surface area contributed by atoms with Gasteiger partial charge in [0.25, 0.3) is 0 Å². The van der Waals surface area contributed by atoms with Crippen LogP contribution in [0.4, 0.5) is 4.39 Å². The van der Waals surface area contributed by atoms with Crippen molar-refractivity contribution in [3.05, 3.63) is 28.5 Å². The van der Waals surface area contributed by atoms with Crippen LogP contribution in [0.5, 0.6) is 0 Å². The molecule has 1 rings (SSSR count). The predicted octanol–water partition coefficient (Wildman–Crippen LogP) is 1.49. The number of hydrogen-bond acceptors (Lipinski definition) is 4. The first kappa shape index (κ1) is 15.5. The lowest BCUT2D eigenvalue weighted by Crippen LogP contribution is -2.34. The Kier molecular flexibility index (Phi) is 5.67. The van der Waals surface area contributed by atoms with Gasteiger partial charge in [-0.2, -0.15) is 0 Å². The van der Waals surface area contributed by atoms with E-state index in [0.717, 1.165) is 6.07 Å². The molecule has 0 heterocycles. The Labute approximate surface area is 113 Å². The molecule has 1 aromatic rings. The van der Waals surface area contributed by atoms with Gasteiger partial charge in [-0.1, -0.05) is 0 Å². The average molecular weight is 342 g/mol. The summed E-state index contributed by atoms with van der Waals surface area (Å²) in [5.74, 6) is -0.645. The van der Waals surface area contributed by atoms with E-state index in [0.29, 0.717) is 0 Å². The first-order valence-corrected chi connectivity index (χ1v) is 7.18. The molecule has 0 saturated carbocycles. The van der Waals surface area contributed by atoms with Crippen molar-refractivity contribution in [2.75, 3.05) is 20.8 Å². The number of hydrogen-bond donors (Lipinski definition) is 1. The topological polar surface area (TPSA) is 64.6 Å². The van der Waals surface area contributed by atoms with Gasteiger partial charge in [0.15, 0.2) is 6.29 Å². The van der Waals surface area contributed by atoms with Gasteiger partial charge < -0.3 is 9.47 Å². The SMILES string of the molecule is COC(CNS(=O)(=O)c1ccc(Br)c(F)c1)OC. The van der Waals surface area contributed by atoms with E-state index >= 15 is 0 Å². The molecule has 0 amide bonds. The maximum absolute atomic E-state index is 13.3. The minimum atomic E-state index is -3.79. The lowest BCUT2D eigenvalue weighted by molar-refractivity contribution is -0.0960. The molecule has 0 atom stereocenters. The molecule has 1 N–H and O–H groups in total. The molecule has 5 nitrogen and oxygen atoms in total. The lowest BCUT2D eigenvalue weighted by Gasteiger charge is -2.14. The van der Waals surface area contributed by atoms with Gasteiger partial charge in [0.05, 0.1) is 15.9 Å². The Morgan fingerprint density at radius 2 is 2.00 bits per heavy atom. The number of nitrogens with one attached hydrogen (secondary N) is 1. The number of sulfonamides is 1. The zero-order valence-electron chi connectivity index (χ0n) is 9.81. The lowest BCUT2D eigenvalue weighted by atomic mass is 10.3. The minimum Gasteiger partial charge on any atom is -0.355 e. The van der Waals surface area contributed by atoms with Crippen LogP contribution in [0.1, 0.15) is 0 Å². The second kappa shape index (κ2) is 6.58. The Bertz CT molecular complexity index is 505. The number of halogens is 2. The minimum absolute atomic E-state index is 0.0625. The first-order chi connectivity index (χ1) is 8.40. The molecule has 0 aliphatic carbocycles. The highest BCUT2D eigenvalue weighted by atomic mass is 79.9. The van der Waals surface area contributed by atoms with E-state index in [9.17, 15) is 12.8 Å². The predicted molar refractivity (Wildman–Crippen MR) is 67.1 cm³/mol. The summed E-state index contributed by atoms with van der Waals surface area (Å²) in [7, 11) is -1.00. The van der Waals surface area contributed by atoms with Crippen molar-refractivity contribution in [1.29, 1.82) is 0 Å². The smallest absolute Gasteiger partial charge is 0.240 e. The molecule has 0 aromatic heterocycles. The third-order valence-corrected chi connectivity index (χ3v) is 4.23. The molecule has 0 fully saturated rings. The largest absolute Gasteiger partial charge is 0.355 e. The van der Waals surface area contributed by atoms with Crippen molar-refractivity contribution < 1.29 is 22.3 Å². The molecule has 0 aliphatic heterocycles. The molecule has 1 aromatic carbocycles. The number of ether oxygens (including phenoxy) is 2. The van der Waals surface area contributed by atoms with Crippen molar-refractivity contribution in [1.82, 2.24) is 4.72 Å². The van der Waals surface area contributed by atoms with E-state index in [-0.39, 0.29) is 15.9 Å². The van der Waals surface area contributed by atoms with E-state index in [4.69, 9.17) is 9.47 Å². The monoisotopic (exact) mass is 341 g/mol. The molecule has 0 saturated heterocycles. The number of rotatable bonds is 6. The second-order valence-corrected chi connectivity index (χ2v) is 5.95. The molecule has 18 heavy (non-hydrogen) atoms. The van der Waals surface area contributed by atoms with Crippen LogP contribution >= 0.6 is 15.9 Å². The van der Waals surface area contributed by atoms with Crippen LogP contribution in [0.25, 0.3) is 0 Å². The van der Waals surface area contributed by atoms with Crippen LogP contribution < -0.4 is 4.72 Å². The molecule has 0 spiro atoms. The molecule has 102 valence electrons. The molecule has 0 bridgehead atoms. The summed E-state index contributed by atoms with van der Waals surface area (Å²) in [6.07, 6.45) is -0.694. The van der Waals surface area contributed by atoms with E-state index in [1.165, 1.54) is 26.4 Å². The normalized spacial score (nSPS) is 12.1. The number of methoxy groups -OCH3 is 2. The maximum atomic E-state index is 13.3. The summed E-state index contributed by atoms with van der Waals surface area (Å²) in [5, 5.41) is 0. The van der Waals surface area contributed by atoms with Gasteiger partial charge in [-0.15, -0.1) is 0 Å². The quantitative estimate of drug-likeness (QED) is 0.796. The van der Waals surface area contributed by atoms with Crippen LogP contribution in [0.3, 0.4) is 0 Å². The first-order valence-electron chi connectivity index (χ1n) is 4.91. The zero-order valence-corrected chi connectivity index (χ0v) is 12.2. The van der Waals surface area contributed by atoms with Gasteiger partial charge in [-0.05, 0) is 34.1 Å². The highest BCUT2D eigenvalue weighted by Crippen LogP contribution is 2.19. The van der Waals surface area contributed by atoms with Gasteiger partial charge in [-0.3, -0.25) is 0 Å². The Hall–Kier alpha value is -0.540. The zero-order chi connectivity index (χ0) is 13.8. The van der Waals surface area contributed by atoms with E-state index in [2.05, 4.69) is 20.7 Å². The van der Waals surface area contributed by atoms with Crippen molar-refractivity contribution in [2.45, 2.75) is 11.2 Å². The Balaban J connectivity index is 2.83. The molecule has 8 heteroatoms. The van der Waals surface area contributed by atoms with E-state index < -0.39 is 22.1 Å². The molecular weight excluding hydrogens is 329 g/mol. The Morgan fingerprint density at radius 1 is 1.39 bits per heavy atom. The van der Waals surface area contributed by atoms with Crippen LogP contribution in [0.15, 0.2) is 27.6 Å². The fourth-order valence-corrected chi connectivity index (χ4v) is 2.44. The summed E-state index contributed by atoms with van der Waals surface area (Å²) in [6.45, 7) is -0.0625. The van der Waals surface area contributed by atoms with Crippen LogP contribution in [0, 0.1) is 5.82 Å². The Morgan fingerprint density at radius 3 is 2.50 bits per heavy atom. The van der Waals surface area contributed by atoms with Gasteiger partial charge in [0, 0.05) is 14.2 Å². The molecule has 0 unspecified atom stereocenters. The van der Waals surface area contributed by atoms with E-state index in [1.54, 1.807) is 0 Å². The van der Waals surface area contributed by atoms with Gasteiger partial charge in [0.1, 0.15) is 5.82 Å². The van der Waals surface area contributed by atoms with Crippen molar-refractivity contribution in [3.63, 3.8) is 0 Å². The third kappa shape index (κ3) is 3.99. The van der Waals surface area contributed by atoms with Crippen LogP contribution in [-0.4, -0.2) is 35.5 Å². The summed E-state index contributed by atoms with van der Waals surface area (Å²) < 4.78 is 49.1. The van der Waals surface area contributed by atoms with Crippen molar-refractivity contribution in [2.24, 2.45) is 0 Å². The fourth-order valence-electron chi connectivity index (χ4n) is 1.17. The maximum Gasteiger partial charge on any atom is 0.240 e. The fraction of sp³-hybridized carbons (Fsp3) is 0.400. The molecule has 0 aliphatic rings. The third-order valence-electron chi connectivity index (χ3n) is 2.17. The van der Waals surface area contributed by atoms with Gasteiger partial charge in [0.2, 0.25) is 10.0 Å². The standard InChI is InChI=1S/C10H13BrFNO4S/c1-16-10(17-2)6-13-18(14,15)7-3-4-8(11)9(12)5-7/h3-5,10,13H,6H2,1-2H3. The highest BCUT2D eigenvalue weighted by Gasteiger charge is 2.17. The average Bonchev–Trinajstić information content (AvgIpc) is 2.33. The van der Waals surface area contributed by atoms with Crippen LogP contribution in [-0.2, 0) is 19.5 Å². The summed E-state index contributed by atoms with van der Waals surface area (Å²) in [5.41, 5.74) is 0. The molecular formula is C10H13BrFNO4S. The summed E-state index contributed by atoms with van der Waals surface area (Å²) in [4.78, 5) is -0.158. The summed E-state index contributed by atoms with van der Waals surface area (Å²) >= 11 is 2.95. The van der Waals surface area contributed by atoms with Crippen molar-refractivity contribution >= 4 is 26.0 Å². The number of benzene rings is 1. The van der Waals surface area contributed by atoms with Gasteiger partial charge >= 0.3 is 0 Å². The van der Waals surface area contributed by atoms with Gasteiger partial charge in [-0.25, -0.2) is 17.5 Å². The van der Waals surface area contributed by atoms with Crippen LogP contribution in [0.2, 0.25) is 0 Å². The second-order valence-electron chi connectivity index (χ2n) is 3.33. The summed E-state index contributed by atoms with van der Waals surface area (Å²) in [6, 6.07) is 3.55. The van der Waals surface area contributed by atoms with Crippen molar-refractivity contribution in [3.8, 4) is 0 Å².